The first-order valence-corrected chi connectivity index (χ1v) is 7.90. The Morgan fingerprint density at radius 3 is 2.48 bits per heavy atom. The van der Waals surface area contributed by atoms with Crippen LogP contribution in [0.3, 0.4) is 0 Å². The van der Waals surface area contributed by atoms with E-state index in [1.807, 2.05) is 0 Å². The van der Waals surface area contributed by atoms with Crippen molar-refractivity contribution >= 4 is 16.0 Å². The minimum absolute atomic E-state index is 0.0808. The number of carboxylic acid groups (broad SMARTS) is 1. The molecule has 0 saturated heterocycles. The smallest absolute Gasteiger partial charge is 0.324 e. The van der Waals surface area contributed by atoms with Crippen molar-refractivity contribution in [3.8, 4) is 5.75 Å². The lowest BCUT2D eigenvalue weighted by Crippen LogP contribution is -2.52. The molecule has 0 amide bonds. The molecule has 1 aromatic rings. The van der Waals surface area contributed by atoms with Gasteiger partial charge in [-0.05, 0) is 31.0 Å². The van der Waals surface area contributed by atoms with Crippen LogP contribution in [0, 0.1) is 5.82 Å². The van der Waals surface area contributed by atoms with Gasteiger partial charge in [-0.15, -0.1) is 0 Å². The molecule has 1 aliphatic carbocycles. The third-order valence-electron chi connectivity index (χ3n) is 3.63. The maximum absolute atomic E-state index is 13.6. The molecule has 0 heterocycles. The quantitative estimate of drug-likeness (QED) is 0.859. The second-order valence-electron chi connectivity index (χ2n) is 5.00. The first kappa shape index (κ1) is 15.7. The molecule has 116 valence electrons. The van der Waals surface area contributed by atoms with Crippen molar-refractivity contribution in [1.29, 1.82) is 0 Å². The SMILES string of the molecule is COc1ccc(S(=O)(=O)NC2(C(=O)O)CCCC2)cc1F. The first-order valence-electron chi connectivity index (χ1n) is 6.42. The van der Waals surface area contributed by atoms with Gasteiger partial charge in [-0.25, -0.2) is 12.8 Å². The Balaban J connectivity index is 2.34. The van der Waals surface area contributed by atoms with E-state index in [1.54, 1.807) is 0 Å². The molecule has 8 heteroatoms. The number of sulfonamides is 1. The van der Waals surface area contributed by atoms with Crippen LogP contribution in [0.25, 0.3) is 0 Å². The van der Waals surface area contributed by atoms with Crippen LogP contribution in [-0.2, 0) is 14.8 Å². The Hall–Kier alpha value is -1.67. The van der Waals surface area contributed by atoms with E-state index < -0.39 is 27.3 Å². The van der Waals surface area contributed by atoms with Gasteiger partial charge < -0.3 is 9.84 Å². The fourth-order valence-electron chi connectivity index (χ4n) is 2.47. The van der Waals surface area contributed by atoms with Gasteiger partial charge >= 0.3 is 5.97 Å². The monoisotopic (exact) mass is 317 g/mol. The Morgan fingerprint density at radius 2 is 2.00 bits per heavy atom. The number of halogens is 1. The molecule has 1 fully saturated rings. The number of methoxy groups -OCH3 is 1. The van der Waals surface area contributed by atoms with Crippen LogP contribution in [0.1, 0.15) is 25.7 Å². The molecule has 0 radical (unpaired) electrons. The van der Waals surface area contributed by atoms with Crippen molar-refractivity contribution in [2.45, 2.75) is 36.1 Å². The molecule has 0 spiro atoms. The van der Waals surface area contributed by atoms with E-state index in [-0.39, 0.29) is 23.5 Å². The number of hydrogen-bond acceptors (Lipinski definition) is 4. The minimum atomic E-state index is -4.12. The number of carboxylic acids is 1. The van der Waals surface area contributed by atoms with E-state index in [0.717, 1.165) is 6.07 Å². The summed E-state index contributed by atoms with van der Waals surface area (Å²) >= 11 is 0. The number of hydrogen-bond donors (Lipinski definition) is 2. The van der Waals surface area contributed by atoms with Crippen LogP contribution >= 0.6 is 0 Å². The van der Waals surface area contributed by atoms with E-state index >= 15 is 0 Å². The molecule has 0 aliphatic heterocycles. The molecule has 0 aromatic heterocycles. The molecule has 2 N–H and O–H groups in total. The molecule has 0 bridgehead atoms. The fraction of sp³-hybridized carbons (Fsp3) is 0.462. The molecule has 1 aromatic carbocycles. The van der Waals surface area contributed by atoms with Crippen LogP contribution in [0.2, 0.25) is 0 Å². The Morgan fingerprint density at radius 1 is 1.38 bits per heavy atom. The lowest BCUT2D eigenvalue weighted by molar-refractivity contribution is -0.143. The van der Waals surface area contributed by atoms with Crippen LogP contribution in [-0.4, -0.2) is 32.1 Å². The highest BCUT2D eigenvalue weighted by Gasteiger charge is 2.44. The van der Waals surface area contributed by atoms with Crippen molar-refractivity contribution in [2.24, 2.45) is 0 Å². The van der Waals surface area contributed by atoms with Gasteiger partial charge in [0.1, 0.15) is 5.54 Å². The zero-order valence-electron chi connectivity index (χ0n) is 11.4. The zero-order chi connectivity index (χ0) is 15.7. The Kier molecular flexibility index (Phi) is 4.20. The topological polar surface area (TPSA) is 92.7 Å². The second-order valence-corrected chi connectivity index (χ2v) is 6.68. The molecule has 0 unspecified atom stereocenters. The van der Waals surface area contributed by atoms with Crippen LogP contribution in [0.5, 0.6) is 5.75 Å². The summed E-state index contributed by atoms with van der Waals surface area (Å²) in [4.78, 5) is 11.1. The number of aliphatic carboxylic acids is 1. The van der Waals surface area contributed by atoms with Crippen molar-refractivity contribution in [3.63, 3.8) is 0 Å². The average molecular weight is 317 g/mol. The Bertz CT molecular complexity index is 653. The molecule has 6 nitrogen and oxygen atoms in total. The molecule has 1 aliphatic rings. The normalized spacial score (nSPS) is 17.6. The van der Waals surface area contributed by atoms with Gasteiger partial charge in [0.25, 0.3) is 0 Å². The molecule has 1 saturated carbocycles. The maximum Gasteiger partial charge on any atom is 0.324 e. The summed E-state index contributed by atoms with van der Waals surface area (Å²) < 4.78 is 45.1. The van der Waals surface area contributed by atoms with Crippen molar-refractivity contribution in [1.82, 2.24) is 4.72 Å². The minimum Gasteiger partial charge on any atom is -0.494 e. The summed E-state index contributed by atoms with van der Waals surface area (Å²) in [7, 11) is -2.85. The third-order valence-corrected chi connectivity index (χ3v) is 5.16. The maximum atomic E-state index is 13.6. The number of ether oxygens (including phenoxy) is 1. The zero-order valence-corrected chi connectivity index (χ0v) is 12.2. The molecular weight excluding hydrogens is 301 g/mol. The van der Waals surface area contributed by atoms with Gasteiger partial charge in [0.05, 0.1) is 12.0 Å². The predicted molar refractivity (Wildman–Crippen MR) is 72.1 cm³/mol. The lowest BCUT2D eigenvalue weighted by Gasteiger charge is -2.25. The standard InChI is InChI=1S/C13H16FNO5S/c1-20-11-5-4-9(8-10(11)14)21(18,19)15-13(12(16)17)6-2-3-7-13/h4-5,8,15H,2-3,6-7H2,1H3,(H,16,17). The van der Waals surface area contributed by atoms with Gasteiger partial charge in [0.2, 0.25) is 10.0 Å². The van der Waals surface area contributed by atoms with Gasteiger partial charge in [-0.3, -0.25) is 4.79 Å². The average Bonchev–Trinajstić information content (AvgIpc) is 2.87. The number of rotatable bonds is 5. The fourth-order valence-corrected chi connectivity index (χ4v) is 3.90. The highest BCUT2D eigenvalue weighted by Crippen LogP contribution is 2.32. The van der Waals surface area contributed by atoms with E-state index in [1.165, 1.54) is 19.2 Å². The predicted octanol–water partition coefficient (Wildman–Crippen LogP) is 1.51. The summed E-state index contributed by atoms with van der Waals surface area (Å²) in [5, 5.41) is 9.29. The summed E-state index contributed by atoms with van der Waals surface area (Å²) in [6.45, 7) is 0. The van der Waals surface area contributed by atoms with Gasteiger partial charge in [0, 0.05) is 0 Å². The highest BCUT2D eigenvalue weighted by atomic mass is 32.2. The second kappa shape index (κ2) is 5.61. The lowest BCUT2D eigenvalue weighted by atomic mass is 10.0. The van der Waals surface area contributed by atoms with E-state index in [0.29, 0.717) is 12.8 Å². The molecule has 2 rings (SSSR count). The van der Waals surface area contributed by atoms with Crippen molar-refractivity contribution in [2.75, 3.05) is 7.11 Å². The highest BCUT2D eigenvalue weighted by molar-refractivity contribution is 7.89. The number of benzene rings is 1. The third kappa shape index (κ3) is 3.01. The first-order chi connectivity index (χ1) is 9.81. The van der Waals surface area contributed by atoms with Crippen LogP contribution in [0.15, 0.2) is 23.1 Å². The molecule has 0 atom stereocenters. The summed E-state index contributed by atoms with van der Waals surface area (Å²) in [6.07, 6.45) is 1.71. The molecule has 21 heavy (non-hydrogen) atoms. The number of nitrogens with one attached hydrogen (secondary N) is 1. The largest absolute Gasteiger partial charge is 0.494 e. The van der Waals surface area contributed by atoms with Gasteiger partial charge in [-0.2, -0.15) is 4.72 Å². The van der Waals surface area contributed by atoms with Crippen LogP contribution < -0.4 is 9.46 Å². The molecular formula is C13H16FNO5S. The summed E-state index contributed by atoms with van der Waals surface area (Å²) in [5.41, 5.74) is -1.50. The van der Waals surface area contributed by atoms with E-state index in [2.05, 4.69) is 4.72 Å². The van der Waals surface area contributed by atoms with Gasteiger partial charge in [-0.1, -0.05) is 12.8 Å². The van der Waals surface area contributed by atoms with Crippen LogP contribution in [0.4, 0.5) is 4.39 Å². The van der Waals surface area contributed by atoms with Crippen molar-refractivity contribution in [3.05, 3.63) is 24.0 Å². The van der Waals surface area contributed by atoms with Gasteiger partial charge in [0.15, 0.2) is 11.6 Å². The Labute approximate surface area is 122 Å². The summed E-state index contributed by atoms with van der Waals surface area (Å²) in [6, 6.07) is 3.17. The summed E-state index contributed by atoms with van der Waals surface area (Å²) in [5.74, 6) is -2.11. The van der Waals surface area contributed by atoms with E-state index in [4.69, 9.17) is 4.74 Å². The number of carbonyl (C=O) groups is 1. The van der Waals surface area contributed by atoms with Crippen molar-refractivity contribution < 1.29 is 27.4 Å². The van der Waals surface area contributed by atoms with E-state index in [9.17, 15) is 22.7 Å².